The van der Waals surface area contributed by atoms with E-state index in [0.29, 0.717) is 6.04 Å². The number of carbonyl (C=O) groups is 1. The van der Waals surface area contributed by atoms with Crippen LogP contribution in [0.2, 0.25) is 5.02 Å². The second-order valence-corrected chi connectivity index (χ2v) is 6.70. The molecule has 1 unspecified atom stereocenters. The van der Waals surface area contributed by atoms with Gasteiger partial charge in [0.2, 0.25) is 5.91 Å². The second-order valence-electron chi connectivity index (χ2n) is 6.29. The van der Waals surface area contributed by atoms with Gasteiger partial charge in [-0.2, -0.15) is 0 Å². The normalized spacial score (nSPS) is 20.6. The summed E-state index contributed by atoms with van der Waals surface area (Å²) in [5.74, 6) is 0.773. The van der Waals surface area contributed by atoms with Gasteiger partial charge in [0, 0.05) is 23.8 Å². The summed E-state index contributed by atoms with van der Waals surface area (Å²) >= 11 is 6.51. The van der Waals surface area contributed by atoms with Crippen LogP contribution in [-0.2, 0) is 4.79 Å². The van der Waals surface area contributed by atoms with Crippen molar-refractivity contribution >= 4 is 28.9 Å². The van der Waals surface area contributed by atoms with Crippen molar-refractivity contribution in [1.29, 1.82) is 0 Å². The Morgan fingerprint density at radius 3 is 2.71 bits per heavy atom. The first-order valence-electron chi connectivity index (χ1n) is 7.59. The molecule has 2 aliphatic rings. The first-order chi connectivity index (χ1) is 10.0. The number of carbonyl (C=O) groups excluding carboxylic acids is 1. The monoisotopic (exact) mass is 307 g/mol. The zero-order chi connectivity index (χ0) is 15.1. The fraction of sp³-hybridized carbons (Fsp3) is 0.562. The van der Waals surface area contributed by atoms with Crippen molar-refractivity contribution < 1.29 is 4.79 Å². The Labute approximate surface area is 130 Å². The van der Waals surface area contributed by atoms with Gasteiger partial charge in [-0.1, -0.05) is 11.6 Å². The summed E-state index contributed by atoms with van der Waals surface area (Å²) in [6, 6.07) is 4.03. The van der Waals surface area contributed by atoms with E-state index in [9.17, 15) is 4.79 Å². The molecule has 1 aliphatic carbocycles. The minimum atomic E-state index is -0.303. The zero-order valence-corrected chi connectivity index (χ0v) is 13.5. The highest BCUT2D eigenvalue weighted by Gasteiger charge is 2.32. The number of fused-ring (bicyclic) bond motifs is 1. The van der Waals surface area contributed by atoms with Gasteiger partial charge in [0.1, 0.15) is 6.04 Å². The Morgan fingerprint density at radius 1 is 1.43 bits per heavy atom. The average Bonchev–Trinajstić information content (AvgIpc) is 3.18. The van der Waals surface area contributed by atoms with E-state index in [0.717, 1.165) is 34.4 Å². The summed E-state index contributed by atoms with van der Waals surface area (Å²) in [4.78, 5) is 14.3. The molecule has 5 heteroatoms. The van der Waals surface area contributed by atoms with Crippen LogP contribution in [0, 0.1) is 5.92 Å². The summed E-state index contributed by atoms with van der Waals surface area (Å²) in [5, 5.41) is 6.69. The van der Waals surface area contributed by atoms with Crippen LogP contribution in [0.4, 0.5) is 11.4 Å². The number of nitrogens with zero attached hydrogens (tertiary/aromatic N) is 1. The van der Waals surface area contributed by atoms with Crippen LogP contribution in [-0.4, -0.2) is 25.5 Å². The van der Waals surface area contributed by atoms with Gasteiger partial charge >= 0.3 is 0 Å². The van der Waals surface area contributed by atoms with E-state index in [2.05, 4.69) is 29.4 Å². The van der Waals surface area contributed by atoms with Crippen molar-refractivity contribution in [1.82, 2.24) is 5.32 Å². The average molecular weight is 308 g/mol. The minimum Gasteiger partial charge on any atom is -0.368 e. The van der Waals surface area contributed by atoms with Gasteiger partial charge < -0.3 is 15.5 Å². The number of hydrogen-bond acceptors (Lipinski definition) is 3. The van der Waals surface area contributed by atoms with Crippen LogP contribution in [0.25, 0.3) is 0 Å². The van der Waals surface area contributed by atoms with Gasteiger partial charge in [0.25, 0.3) is 0 Å². The SMILES string of the molecule is CNC1C(=O)Nc2cc(N(CC3CC3)C(C)C)c(Cl)cc21. The number of halogens is 1. The molecule has 0 saturated heterocycles. The summed E-state index contributed by atoms with van der Waals surface area (Å²) in [6.07, 6.45) is 2.62. The molecule has 1 atom stereocenters. The summed E-state index contributed by atoms with van der Waals surface area (Å²) in [6.45, 7) is 5.40. The summed E-state index contributed by atoms with van der Waals surface area (Å²) < 4.78 is 0. The molecule has 1 aliphatic heterocycles. The van der Waals surface area contributed by atoms with Gasteiger partial charge in [-0.05, 0) is 51.8 Å². The molecule has 0 radical (unpaired) electrons. The molecule has 1 fully saturated rings. The van der Waals surface area contributed by atoms with Gasteiger partial charge in [0.05, 0.1) is 10.7 Å². The number of benzene rings is 1. The van der Waals surface area contributed by atoms with Crippen molar-refractivity contribution in [3.8, 4) is 0 Å². The number of nitrogens with one attached hydrogen (secondary N) is 2. The minimum absolute atomic E-state index is 0.0148. The molecule has 0 bridgehead atoms. The highest BCUT2D eigenvalue weighted by molar-refractivity contribution is 6.33. The molecule has 21 heavy (non-hydrogen) atoms. The molecule has 1 amide bonds. The third kappa shape index (κ3) is 2.74. The summed E-state index contributed by atoms with van der Waals surface area (Å²) in [7, 11) is 1.79. The predicted octanol–water partition coefficient (Wildman–Crippen LogP) is 3.18. The predicted molar refractivity (Wildman–Crippen MR) is 87.1 cm³/mol. The maximum absolute atomic E-state index is 11.9. The molecule has 0 aromatic heterocycles. The lowest BCUT2D eigenvalue weighted by atomic mass is 10.1. The van der Waals surface area contributed by atoms with Gasteiger partial charge in [0.15, 0.2) is 0 Å². The standard InChI is InChI=1S/C16H22ClN3O/c1-9(2)20(8-10-4-5-10)14-7-13-11(6-12(14)17)15(18-3)16(21)19-13/h6-7,9-10,15,18H,4-5,8H2,1-3H3,(H,19,21). The number of rotatable bonds is 5. The van der Waals surface area contributed by atoms with Crippen LogP contribution >= 0.6 is 11.6 Å². The van der Waals surface area contributed by atoms with Crippen LogP contribution < -0.4 is 15.5 Å². The Hall–Kier alpha value is -1.26. The molecule has 0 spiro atoms. The van der Waals surface area contributed by atoms with Crippen molar-refractivity contribution in [2.75, 3.05) is 23.8 Å². The smallest absolute Gasteiger partial charge is 0.246 e. The fourth-order valence-electron chi connectivity index (χ4n) is 2.94. The Balaban J connectivity index is 1.96. The number of anilines is 2. The summed E-state index contributed by atoms with van der Waals surface area (Å²) in [5.41, 5.74) is 2.83. The molecule has 1 heterocycles. The van der Waals surface area contributed by atoms with E-state index < -0.39 is 0 Å². The van der Waals surface area contributed by atoms with Gasteiger partial charge in [-0.3, -0.25) is 4.79 Å². The Bertz CT molecular complexity index is 569. The van der Waals surface area contributed by atoms with Crippen LogP contribution in [0.15, 0.2) is 12.1 Å². The van der Waals surface area contributed by atoms with E-state index in [-0.39, 0.29) is 11.9 Å². The topological polar surface area (TPSA) is 44.4 Å². The quantitative estimate of drug-likeness (QED) is 0.878. The van der Waals surface area contributed by atoms with Crippen molar-refractivity contribution in [3.05, 3.63) is 22.7 Å². The first kappa shape index (κ1) is 14.7. The molecule has 4 nitrogen and oxygen atoms in total. The van der Waals surface area contributed by atoms with Crippen LogP contribution in [0.5, 0.6) is 0 Å². The van der Waals surface area contributed by atoms with E-state index in [4.69, 9.17) is 11.6 Å². The highest BCUT2D eigenvalue weighted by atomic mass is 35.5. The number of hydrogen-bond donors (Lipinski definition) is 2. The van der Waals surface area contributed by atoms with E-state index >= 15 is 0 Å². The van der Waals surface area contributed by atoms with E-state index in [1.54, 1.807) is 7.05 Å². The molecule has 2 N–H and O–H groups in total. The maximum Gasteiger partial charge on any atom is 0.246 e. The maximum atomic E-state index is 11.9. The third-order valence-electron chi connectivity index (χ3n) is 4.32. The molecular formula is C16H22ClN3O. The molecular weight excluding hydrogens is 286 g/mol. The molecule has 3 rings (SSSR count). The van der Waals surface area contributed by atoms with Crippen LogP contribution in [0.1, 0.15) is 38.3 Å². The molecule has 1 aromatic carbocycles. The largest absolute Gasteiger partial charge is 0.368 e. The third-order valence-corrected chi connectivity index (χ3v) is 4.63. The van der Waals surface area contributed by atoms with Crippen molar-refractivity contribution in [3.63, 3.8) is 0 Å². The number of likely N-dealkylation sites (N-methyl/N-ethyl adjacent to an activating group) is 1. The molecule has 1 aromatic rings. The Morgan fingerprint density at radius 2 is 2.14 bits per heavy atom. The van der Waals surface area contributed by atoms with Crippen molar-refractivity contribution in [2.45, 2.75) is 38.8 Å². The Kier molecular flexibility index (Phi) is 3.84. The van der Waals surface area contributed by atoms with E-state index in [1.807, 2.05) is 12.1 Å². The zero-order valence-electron chi connectivity index (χ0n) is 12.7. The van der Waals surface area contributed by atoms with Crippen molar-refractivity contribution in [2.24, 2.45) is 5.92 Å². The lowest BCUT2D eigenvalue weighted by Crippen LogP contribution is -2.33. The number of amides is 1. The first-order valence-corrected chi connectivity index (χ1v) is 7.97. The fourth-order valence-corrected chi connectivity index (χ4v) is 3.22. The van der Waals surface area contributed by atoms with Crippen LogP contribution in [0.3, 0.4) is 0 Å². The van der Waals surface area contributed by atoms with Gasteiger partial charge in [-0.25, -0.2) is 0 Å². The van der Waals surface area contributed by atoms with Gasteiger partial charge in [-0.15, -0.1) is 0 Å². The lowest BCUT2D eigenvalue weighted by molar-refractivity contribution is -0.117. The van der Waals surface area contributed by atoms with E-state index in [1.165, 1.54) is 12.8 Å². The second kappa shape index (κ2) is 5.50. The lowest BCUT2D eigenvalue weighted by Gasteiger charge is -2.30. The molecule has 114 valence electrons. The molecule has 1 saturated carbocycles. The highest BCUT2D eigenvalue weighted by Crippen LogP contribution is 2.41.